The van der Waals surface area contributed by atoms with Gasteiger partial charge in [-0.3, -0.25) is 0 Å². The van der Waals surface area contributed by atoms with Crippen LogP contribution in [-0.2, 0) is 4.52 Å². The van der Waals surface area contributed by atoms with Gasteiger partial charge in [-0.1, -0.05) is 73.1 Å². The van der Waals surface area contributed by atoms with Gasteiger partial charge < -0.3 is 14.3 Å². The van der Waals surface area contributed by atoms with Gasteiger partial charge in [-0.15, -0.1) is 0 Å². The molecule has 0 aromatic rings. The predicted molar refractivity (Wildman–Crippen MR) is 96.6 cm³/mol. The molecule has 0 fully saturated rings. The Labute approximate surface area is 139 Å². The minimum Gasteiger partial charge on any atom is -0.328 e. The first-order valence-corrected chi connectivity index (χ1v) is 10.2. The topological polar surface area (TPSA) is 49.7 Å². The number of rotatable bonds is 13. The molecule has 0 saturated heterocycles. The van der Waals surface area contributed by atoms with Gasteiger partial charge in [-0.2, -0.15) is 0 Å². The lowest BCUT2D eigenvalue weighted by molar-refractivity contribution is 0.185. The van der Waals surface area contributed by atoms with E-state index < -0.39 is 8.60 Å². The Kier molecular flexibility index (Phi) is 12.9. The van der Waals surface area contributed by atoms with Gasteiger partial charge >= 0.3 is 8.60 Å². The third kappa shape index (κ3) is 12.8. The van der Waals surface area contributed by atoms with E-state index in [2.05, 4.69) is 34.6 Å². The number of hydrogen-bond donors (Lipinski definition) is 2. The van der Waals surface area contributed by atoms with E-state index >= 15 is 0 Å². The second-order valence-electron chi connectivity index (χ2n) is 7.82. The lowest BCUT2D eigenvalue weighted by Gasteiger charge is -2.32. The SMILES string of the molecule is CCCCCCCC(CCC(C)CCOP(O)O)C(C)(C)C. The number of unbranched alkanes of at least 4 members (excludes halogenated alkanes) is 4. The molecule has 0 heterocycles. The van der Waals surface area contributed by atoms with Crippen LogP contribution in [0.3, 0.4) is 0 Å². The summed E-state index contributed by atoms with van der Waals surface area (Å²) in [5.74, 6) is 1.37. The van der Waals surface area contributed by atoms with Gasteiger partial charge in [-0.05, 0) is 36.5 Å². The van der Waals surface area contributed by atoms with Crippen LogP contribution in [0.1, 0.15) is 92.4 Å². The van der Waals surface area contributed by atoms with E-state index in [1.807, 2.05) is 0 Å². The Morgan fingerprint density at radius 3 is 2.09 bits per heavy atom. The van der Waals surface area contributed by atoms with Crippen LogP contribution in [-0.4, -0.2) is 16.4 Å². The molecule has 0 aliphatic carbocycles. The van der Waals surface area contributed by atoms with Gasteiger partial charge in [0, 0.05) is 0 Å². The number of hydrogen-bond acceptors (Lipinski definition) is 3. The summed E-state index contributed by atoms with van der Waals surface area (Å²) in [4.78, 5) is 17.5. The van der Waals surface area contributed by atoms with Gasteiger partial charge in [0.05, 0.1) is 6.61 Å². The molecule has 134 valence electrons. The second kappa shape index (κ2) is 12.7. The van der Waals surface area contributed by atoms with Crippen molar-refractivity contribution < 1.29 is 14.3 Å². The summed E-state index contributed by atoms with van der Waals surface area (Å²) in [7, 11) is -2.18. The molecule has 2 atom stereocenters. The Balaban J connectivity index is 3.98. The molecule has 0 aromatic carbocycles. The van der Waals surface area contributed by atoms with E-state index in [1.165, 1.54) is 51.4 Å². The maximum atomic E-state index is 8.75. The van der Waals surface area contributed by atoms with E-state index in [1.54, 1.807) is 0 Å². The highest BCUT2D eigenvalue weighted by Gasteiger charge is 2.24. The molecule has 0 aliphatic heterocycles. The zero-order valence-corrected chi connectivity index (χ0v) is 16.4. The zero-order valence-electron chi connectivity index (χ0n) is 15.5. The predicted octanol–water partition coefficient (Wildman–Crippen LogP) is 6.04. The van der Waals surface area contributed by atoms with Crippen molar-refractivity contribution in [3.8, 4) is 0 Å². The molecule has 0 rings (SSSR count). The highest BCUT2D eigenvalue weighted by Crippen LogP contribution is 2.35. The fraction of sp³-hybridized carbons (Fsp3) is 1.00. The van der Waals surface area contributed by atoms with Gasteiger partial charge in [-0.25, -0.2) is 0 Å². The third-order valence-corrected chi connectivity index (χ3v) is 5.12. The van der Waals surface area contributed by atoms with Crippen LogP contribution in [0.4, 0.5) is 0 Å². The molecule has 0 aromatic heterocycles. The van der Waals surface area contributed by atoms with Crippen molar-refractivity contribution in [2.75, 3.05) is 6.61 Å². The normalized spacial score (nSPS) is 15.3. The summed E-state index contributed by atoms with van der Waals surface area (Å²) in [6.07, 6.45) is 11.5. The van der Waals surface area contributed by atoms with Crippen LogP contribution in [0.5, 0.6) is 0 Å². The lowest BCUT2D eigenvalue weighted by atomic mass is 9.74. The molecule has 0 saturated carbocycles. The lowest BCUT2D eigenvalue weighted by Crippen LogP contribution is -2.21. The van der Waals surface area contributed by atoms with Crippen LogP contribution >= 0.6 is 8.60 Å². The first-order chi connectivity index (χ1) is 10.3. The van der Waals surface area contributed by atoms with E-state index in [9.17, 15) is 0 Å². The van der Waals surface area contributed by atoms with Crippen molar-refractivity contribution in [3.63, 3.8) is 0 Å². The van der Waals surface area contributed by atoms with Crippen LogP contribution in [0, 0.1) is 17.3 Å². The molecule has 0 spiro atoms. The monoisotopic (exact) mass is 334 g/mol. The molecule has 3 nitrogen and oxygen atoms in total. The van der Waals surface area contributed by atoms with Crippen molar-refractivity contribution in [3.05, 3.63) is 0 Å². The summed E-state index contributed by atoms with van der Waals surface area (Å²) in [6, 6.07) is 0. The molecule has 2 unspecified atom stereocenters. The molecular weight excluding hydrogens is 295 g/mol. The average Bonchev–Trinajstić information content (AvgIpc) is 2.40. The first-order valence-electron chi connectivity index (χ1n) is 9.08. The first kappa shape index (κ1) is 22.3. The second-order valence-corrected chi connectivity index (χ2v) is 8.59. The van der Waals surface area contributed by atoms with E-state index in [0.29, 0.717) is 17.9 Å². The summed E-state index contributed by atoms with van der Waals surface area (Å²) in [5.41, 5.74) is 0.380. The summed E-state index contributed by atoms with van der Waals surface area (Å²) in [6.45, 7) is 12.0. The molecule has 22 heavy (non-hydrogen) atoms. The highest BCUT2D eigenvalue weighted by molar-refractivity contribution is 7.39. The minimum absolute atomic E-state index is 0.380. The smallest absolute Gasteiger partial charge is 0.327 e. The van der Waals surface area contributed by atoms with Gasteiger partial charge in [0.25, 0.3) is 0 Å². The maximum Gasteiger partial charge on any atom is 0.327 e. The Morgan fingerprint density at radius 2 is 1.55 bits per heavy atom. The summed E-state index contributed by atoms with van der Waals surface area (Å²) >= 11 is 0. The van der Waals surface area contributed by atoms with E-state index in [-0.39, 0.29) is 0 Å². The summed E-state index contributed by atoms with van der Waals surface area (Å²) in [5, 5.41) is 0. The van der Waals surface area contributed by atoms with Crippen molar-refractivity contribution in [1.82, 2.24) is 0 Å². The molecule has 0 aliphatic rings. The van der Waals surface area contributed by atoms with Crippen molar-refractivity contribution in [2.24, 2.45) is 17.3 Å². The average molecular weight is 334 g/mol. The molecule has 0 radical (unpaired) electrons. The fourth-order valence-corrected chi connectivity index (χ4v) is 3.24. The molecule has 0 amide bonds. The van der Waals surface area contributed by atoms with E-state index in [0.717, 1.165) is 12.3 Å². The van der Waals surface area contributed by atoms with Crippen LogP contribution in [0.2, 0.25) is 0 Å². The summed E-state index contributed by atoms with van der Waals surface area (Å²) < 4.78 is 4.86. The van der Waals surface area contributed by atoms with E-state index in [4.69, 9.17) is 14.3 Å². The van der Waals surface area contributed by atoms with Crippen molar-refractivity contribution in [2.45, 2.75) is 92.4 Å². The molecular formula is C18H39O3P. The molecule has 2 N–H and O–H groups in total. The minimum atomic E-state index is -2.18. The fourth-order valence-electron chi connectivity index (χ4n) is 2.97. The maximum absolute atomic E-state index is 8.75. The van der Waals surface area contributed by atoms with Gasteiger partial charge in [0.1, 0.15) is 0 Å². The van der Waals surface area contributed by atoms with Crippen LogP contribution in [0.25, 0.3) is 0 Å². The largest absolute Gasteiger partial charge is 0.328 e. The Morgan fingerprint density at radius 1 is 0.909 bits per heavy atom. The van der Waals surface area contributed by atoms with Crippen LogP contribution in [0.15, 0.2) is 0 Å². The Bertz CT molecular complexity index is 251. The van der Waals surface area contributed by atoms with Gasteiger partial charge in [0.2, 0.25) is 0 Å². The quantitative estimate of drug-likeness (QED) is 0.319. The highest BCUT2D eigenvalue weighted by atomic mass is 31.2. The Hall–Kier alpha value is 0.310. The molecule has 0 bridgehead atoms. The third-order valence-electron chi connectivity index (χ3n) is 4.71. The van der Waals surface area contributed by atoms with Crippen molar-refractivity contribution in [1.29, 1.82) is 0 Å². The molecule has 4 heteroatoms. The van der Waals surface area contributed by atoms with Crippen LogP contribution < -0.4 is 0 Å². The van der Waals surface area contributed by atoms with Gasteiger partial charge in [0.15, 0.2) is 0 Å². The zero-order chi connectivity index (χ0) is 17.0. The van der Waals surface area contributed by atoms with Crippen molar-refractivity contribution >= 4 is 8.60 Å². The standard InChI is InChI=1S/C18H39O3P/c1-6-7-8-9-10-11-17(18(3,4)5)13-12-16(2)14-15-21-22(19)20/h16-17,19-20H,6-15H2,1-5H3.